The number of H-pyrrole nitrogens is 1. The lowest BCUT2D eigenvalue weighted by Crippen LogP contribution is -2.33. The summed E-state index contributed by atoms with van der Waals surface area (Å²) in [6.45, 7) is 0. The molecule has 0 radical (unpaired) electrons. The molecule has 8 nitrogen and oxygen atoms in total. The van der Waals surface area contributed by atoms with Crippen molar-refractivity contribution in [1.29, 1.82) is 0 Å². The van der Waals surface area contributed by atoms with Crippen molar-refractivity contribution < 1.29 is 4.79 Å². The molecule has 2 N–H and O–H groups in total. The zero-order chi connectivity index (χ0) is 22.1. The fourth-order valence-corrected chi connectivity index (χ4v) is 4.06. The molecule has 2 heterocycles. The quantitative estimate of drug-likeness (QED) is 0.444. The van der Waals surface area contributed by atoms with Gasteiger partial charge in [0.1, 0.15) is 5.01 Å². The van der Waals surface area contributed by atoms with E-state index in [9.17, 15) is 14.4 Å². The molecule has 1 amide bonds. The van der Waals surface area contributed by atoms with Gasteiger partial charge in [0, 0.05) is 11.1 Å². The number of benzene rings is 3. The maximum absolute atomic E-state index is 12.9. The number of aromatic nitrogens is 4. The van der Waals surface area contributed by atoms with Gasteiger partial charge in [0.25, 0.3) is 11.5 Å². The molecule has 2 aromatic heterocycles. The third-order valence-electron chi connectivity index (χ3n) is 4.84. The van der Waals surface area contributed by atoms with Gasteiger partial charge in [-0.15, -0.1) is 10.2 Å². The van der Waals surface area contributed by atoms with Crippen molar-refractivity contribution in [3.8, 4) is 16.3 Å². The van der Waals surface area contributed by atoms with Crippen LogP contribution in [0.4, 0.5) is 5.13 Å². The molecular weight excluding hydrogens is 426 g/mol. The molecule has 0 aliphatic heterocycles. The first kappa shape index (κ1) is 19.6. The summed E-state index contributed by atoms with van der Waals surface area (Å²) in [5.41, 5.74) is 0.890. The highest BCUT2D eigenvalue weighted by atomic mass is 32.1. The molecule has 5 aromatic rings. The second-order valence-corrected chi connectivity index (χ2v) is 7.88. The maximum atomic E-state index is 12.9. The number of carbonyl (C=O) groups excluding carboxylic acids is 1. The molecule has 9 heteroatoms. The van der Waals surface area contributed by atoms with Crippen LogP contribution < -0.4 is 16.6 Å². The van der Waals surface area contributed by atoms with E-state index < -0.39 is 17.2 Å². The lowest BCUT2D eigenvalue weighted by atomic mass is 10.1. The van der Waals surface area contributed by atoms with Crippen molar-refractivity contribution in [2.24, 2.45) is 0 Å². The number of nitrogens with zero attached hydrogens (tertiary/aromatic N) is 3. The molecule has 0 bridgehead atoms. The average Bonchev–Trinajstić information content (AvgIpc) is 3.28. The van der Waals surface area contributed by atoms with Crippen LogP contribution in [0.5, 0.6) is 0 Å². The molecule has 0 fully saturated rings. The molecule has 0 saturated carbocycles. The molecule has 0 spiro atoms. The minimum absolute atomic E-state index is 0.279. The number of aromatic amines is 1. The third kappa shape index (κ3) is 3.61. The van der Waals surface area contributed by atoms with Gasteiger partial charge in [0.15, 0.2) is 0 Å². The number of amides is 1. The number of fused-ring (bicyclic) bond motifs is 1. The van der Waals surface area contributed by atoms with Crippen molar-refractivity contribution in [2.45, 2.75) is 0 Å². The fourth-order valence-electron chi connectivity index (χ4n) is 3.31. The van der Waals surface area contributed by atoms with E-state index in [1.165, 1.54) is 29.5 Å². The van der Waals surface area contributed by atoms with Crippen LogP contribution in [-0.2, 0) is 0 Å². The van der Waals surface area contributed by atoms with E-state index in [0.717, 1.165) is 10.1 Å². The number of hydrogen-bond acceptors (Lipinski definition) is 6. The second kappa shape index (κ2) is 8.05. The van der Waals surface area contributed by atoms with Gasteiger partial charge in [-0.05, 0) is 30.3 Å². The Morgan fingerprint density at radius 2 is 1.62 bits per heavy atom. The fraction of sp³-hybridized carbons (Fsp3) is 0. The maximum Gasteiger partial charge on any atom is 0.333 e. The first-order valence-corrected chi connectivity index (χ1v) is 10.5. The monoisotopic (exact) mass is 441 g/mol. The van der Waals surface area contributed by atoms with E-state index in [1.54, 1.807) is 30.3 Å². The number of hydrogen-bond donors (Lipinski definition) is 2. The molecule has 0 aliphatic rings. The smallest absolute Gasteiger partial charge is 0.306 e. The predicted octanol–water partition coefficient (Wildman–Crippen LogP) is 3.45. The SMILES string of the molecule is O=C(Nc1nnc(-c2ccccc2)s1)c1ccc2c(=O)n(-c3ccccc3)c(=O)[nH]c2c1. The summed E-state index contributed by atoms with van der Waals surface area (Å²) in [6.07, 6.45) is 0. The Kier molecular flexibility index (Phi) is 4.92. The minimum Gasteiger partial charge on any atom is -0.306 e. The van der Waals surface area contributed by atoms with Crippen LogP contribution in [0.3, 0.4) is 0 Å². The summed E-state index contributed by atoms with van der Waals surface area (Å²) in [7, 11) is 0. The zero-order valence-corrected chi connectivity index (χ0v) is 17.3. The van der Waals surface area contributed by atoms with Crippen LogP contribution in [0.1, 0.15) is 10.4 Å². The molecule has 0 atom stereocenters. The number of para-hydroxylation sites is 1. The van der Waals surface area contributed by atoms with Crippen LogP contribution in [0.15, 0.2) is 88.5 Å². The Balaban J connectivity index is 1.45. The lowest BCUT2D eigenvalue weighted by Gasteiger charge is -2.07. The number of nitrogens with one attached hydrogen (secondary N) is 2. The standard InChI is InChI=1S/C23H15N5O3S/c29-19(25-22-27-26-20(32-22)14-7-3-1-4-8-14)15-11-12-17-18(13-15)24-23(31)28(21(17)30)16-9-5-2-6-10-16/h1-13H,(H,24,31)(H,25,27,29). The molecule has 5 rings (SSSR count). The highest BCUT2D eigenvalue weighted by Crippen LogP contribution is 2.26. The minimum atomic E-state index is -0.581. The first-order valence-electron chi connectivity index (χ1n) is 9.65. The zero-order valence-electron chi connectivity index (χ0n) is 16.5. The number of anilines is 1. The lowest BCUT2D eigenvalue weighted by molar-refractivity contribution is 0.102. The van der Waals surface area contributed by atoms with Crippen molar-refractivity contribution in [3.05, 3.63) is 105 Å². The van der Waals surface area contributed by atoms with E-state index in [0.29, 0.717) is 21.2 Å². The van der Waals surface area contributed by atoms with Crippen LogP contribution in [-0.4, -0.2) is 25.7 Å². The van der Waals surface area contributed by atoms with Gasteiger partial charge in [-0.3, -0.25) is 14.9 Å². The largest absolute Gasteiger partial charge is 0.333 e. The highest BCUT2D eigenvalue weighted by Gasteiger charge is 2.14. The number of rotatable bonds is 4. The van der Waals surface area contributed by atoms with E-state index in [1.807, 2.05) is 30.3 Å². The normalized spacial score (nSPS) is 10.9. The molecule has 0 unspecified atom stereocenters. The topological polar surface area (TPSA) is 110 Å². The predicted molar refractivity (Wildman–Crippen MR) is 123 cm³/mol. The summed E-state index contributed by atoms with van der Waals surface area (Å²) in [6, 6.07) is 22.7. The van der Waals surface area contributed by atoms with Gasteiger partial charge in [0.05, 0.1) is 16.6 Å². The Labute approximate surface area is 184 Å². The van der Waals surface area contributed by atoms with E-state index in [4.69, 9.17) is 0 Å². The van der Waals surface area contributed by atoms with Gasteiger partial charge in [-0.1, -0.05) is 59.9 Å². The molecule has 32 heavy (non-hydrogen) atoms. The average molecular weight is 441 g/mol. The van der Waals surface area contributed by atoms with Gasteiger partial charge in [-0.25, -0.2) is 9.36 Å². The Morgan fingerprint density at radius 3 is 2.38 bits per heavy atom. The Hall–Kier alpha value is -4.37. The summed E-state index contributed by atoms with van der Waals surface area (Å²) in [5.74, 6) is -0.421. The van der Waals surface area contributed by atoms with Gasteiger partial charge < -0.3 is 4.98 Å². The van der Waals surface area contributed by atoms with Crippen molar-refractivity contribution in [2.75, 3.05) is 5.32 Å². The van der Waals surface area contributed by atoms with Crippen molar-refractivity contribution in [3.63, 3.8) is 0 Å². The van der Waals surface area contributed by atoms with E-state index >= 15 is 0 Å². The highest BCUT2D eigenvalue weighted by molar-refractivity contribution is 7.18. The van der Waals surface area contributed by atoms with Crippen molar-refractivity contribution >= 4 is 33.3 Å². The van der Waals surface area contributed by atoms with Crippen LogP contribution in [0, 0.1) is 0 Å². The molecule has 3 aromatic carbocycles. The summed E-state index contributed by atoms with van der Waals surface area (Å²) >= 11 is 1.25. The first-order chi connectivity index (χ1) is 15.6. The van der Waals surface area contributed by atoms with Crippen LogP contribution in [0.25, 0.3) is 27.2 Å². The second-order valence-electron chi connectivity index (χ2n) is 6.90. The van der Waals surface area contributed by atoms with Crippen LogP contribution in [0.2, 0.25) is 0 Å². The molecule has 0 saturated heterocycles. The third-order valence-corrected chi connectivity index (χ3v) is 5.73. The van der Waals surface area contributed by atoms with Gasteiger partial charge >= 0.3 is 5.69 Å². The van der Waals surface area contributed by atoms with Gasteiger partial charge in [0.2, 0.25) is 5.13 Å². The summed E-state index contributed by atoms with van der Waals surface area (Å²) in [5, 5.41) is 12.2. The molecule has 156 valence electrons. The van der Waals surface area contributed by atoms with E-state index in [-0.39, 0.29) is 11.1 Å². The number of carbonyl (C=O) groups is 1. The molecule has 0 aliphatic carbocycles. The van der Waals surface area contributed by atoms with Crippen molar-refractivity contribution in [1.82, 2.24) is 19.7 Å². The summed E-state index contributed by atoms with van der Waals surface area (Å²) < 4.78 is 1.06. The van der Waals surface area contributed by atoms with E-state index in [2.05, 4.69) is 20.5 Å². The Morgan fingerprint density at radius 1 is 0.906 bits per heavy atom. The Bertz CT molecular complexity index is 1560. The molecular formula is C23H15N5O3S. The van der Waals surface area contributed by atoms with Gasteiger partial charge in [-0.2, -0.15) is 0 Å². The summed E-state index contributed by atoms with van der Waals surface area (Å²) in [4.78, 5) is 40.8. The van der Waals surface area contributed by atoms with Crippen LogP contribution >= 0.6 is 11.3 Å².